The van der Waals surface area contributed by atoms with E-state index >= 15 is 0 Å². The summed E-state index contributed by atoms with van der Waals surface area (Å²) in [6.45, 7) is 3.76. The molecule has 1 N–H and O–H groups in total. The Morgan fingerprint density at radius 2 is 1.85 bits per heavy atom. The Bertz CT molecular complexity index is 737. The minimum absolute atomic E-state index is 0.0910. The molecule has 1 amide bonds. The summed E-state index contributed by atoms with van der Waals surface area (Å²) in [6, 6.07) is 12.4. The van der Waals surface area contributed by atoms with Gasteiger partial charge in [0.15, 0.2) is 11.6 Å². The minimum Gasteiger partial charge on any atom is -0.496 e. The molecule has 2 aromatic carbocycles. The van der Waals surface area contributed by atoms with Gasteiger partial charge in [0, 0.05) is 18.7 Å². The third kappa shape index (κ3) is 5.46. The molecule has 0 fully saturated rings. The molecule has 2 rings (SSSR count). The van der Waals surface area contributed by atoms with Crippen LogP contribution in [0.3, 0.4) is 0 Å². The van der Waals surface area contributed by atoms with Crippen LogP contribution in [0.1, 0.15) is 18.1 Å². The lowest BCUT2D eigenvalue weighted by Crippen LogP contribution is -2.36. The number of halogens is 1. The van der Waals surface area contributed by atoms with Crippen molar-refractivity contribution < 1.29 is 18.7 Å². The number of hydrogen-bond acceptors (Lipinski definition) is 4. The minimum atomic E-state index is -0.401. The van der Waals surface area contributed by atoms with Gasteiger partial charge in [-0.15, -0.1) is 0 Å². The monoisotopic (exact) mass is 360 g/mol. The highest BCUT2D eigenvalue weighted by atomic mass is 19.1. The maximum atomic E-state index is 13.8. The number of para-hydroxylation sites is 1. The summed E-state index contributed by atoms with van der Waals surface area (Å²) in [5.41, 5.74) is 1.71. The van der Waals surface area contributed by atoms with Crippen LogP contribution in [0.15, 0.2) is 42.5 Å². The molecule has 0 aliphatic rings. The highest BCUT2D eigenvalue weighted by Gasteiger charge is 2.12. The molecule has 6 heteroatoms. The zero-order chi connectivity index (χ0) is 18.9. The number of amides is 1. The molecule has 0 saturated heterocycles. The zero-order valence-electron chi connectivity index (χ0n) is 15.4. The fraction of sp³-hybridized carbons (Fsp3) is 0.350. The number of carbonyl (C=O) groups is 1. The predicted molar refractivity (Wildman–Crippen MR) is 98.7 cm³/mol. The molecule has 2 aromatic rings. The second-order valence-electron chi connectivity index (χ2n) is 5.86. The van der Waals surface area contributed by atoms with Gasteiger partial charge in [-0.2, -0.15) is 0 Å². The Morgan fingerprint density at radius 1 is 1.12 bits per heavy atom. The van der Waals surface area contributed by atoms with Crippen LogP contribution in [-0.2, 0) is 17.9 Å². The average Bonchev–Trinajstić information content (AvgIpc) is 2.66. The molecule has 26 heavy (non-hydrogen) atoms. The van der Waals surface area contributed by atoms with Gasteiger partial charge in [0.25, 0.3) is 0 Å². The summed E-state index contributed by atoms with van der Waals surface area (Å²) < 4.78 is 24.0. The number of nitrogens with zero attached hydrogens (tertiary/aromatic N) is 1. The standard InChI is InChI=1S/C20H25FN2O3/c1-4-23(13-15-9-10-19(26-3)17(21)11-15)14-20(24)22-12-16-7-5-6-8-18(16)25-2/h5-11H,4,12-14H2,1-3H3,(H,22,24). The normalized spacial score (nSPS) is 10.7. The van der Waals surface area contributed by atoms with Gasteiger partial charge in [0.1, 0.15) is 5.75 Å². The number of hydrogen-bond donors (Lipinski definition) is 1. The molecule has 0 aromatic heterocycles. The highest BCUT2D eigenvalue weighted by molar-refractivity contribution is 5.78. The Labute approximate surface area is 153 Å². The largest absolute Gasteiger partial charge is 0.496 e. The number of rotatable bonds is 9. The van der Waals surface area contributed by atoms with Crippen LogP contribution in [0.25, 0.3) is 0 Å². The van der Waals surface area contributed by atoms with E-state index in [1.807, 2.05) is 36.1 Å². The molecule has 0 atom stereocenters. The van der Waals surface area contributed by atoms with Crippen molar-refractivity contribution in [3.63, 3.8) is 0 Å². The summed E-state index contributed by atoms with van der Waals surface area (Å²) in [4.78, 5) is 14.2. The van der Waals surface area contributed by atoms with Gasteiger partial charge in [0.2, 0.25) is 5.91 Å². The summed E-state index contributed by atoms with van der Waals surface area (Å²) in [5.74, 6) is 0.466. The van der Waals surface area contributed by atoms with Crippen molar-refractivity contribution >= 4 is 5.91 Å². The highest BCUT2D eigenvalue weighted by Crippen LogP contribution is 2.19. The smallest absolute Gasteiger partial charge is 0.234 e. The average molecular weight is 360 g/mol. The van der Waals surface area contributed by atoms with Crippen LogP contribution in [0.2, 0.25) is 0 Å². The van der Waals surface area contributed by atoms with Crippen LogP contribution in [0.4, 0.5) is 4.39 Å². The Balaban J connectivity index is 1.90. The first-order valence-corrected chi connectivity index (χ1v) is 8.50. The number of carbonyl (C=O) groups excluding carboxylic acids is 1. The number of ether oxygens (including phenoxy) is 2. The fourth-order valence-electron chi connectivity index (χ4n) is 2.65. The van der Waals surface area contributed by atoms with E-state index in [0.29, 0.717) is 19.6 Å². The van der Waals surface area contributed by atoms with Gasteiger partial charge in [0.05, 0.1) is 20.8 Å². The lowest BCUT2D eigenvalue weighted by Gasteiger charge is -2.20. The molecule has 5 nitrogen and oxygen atoms in total. The summed E-state index contributed by atoms with van der Waals surface area (Å²) in [5, 5.41) is 2.90. The van der Waals surface area contributed by atoms with Crippen molar-refractivity contribution in [3.8, 4) is 11.5 Å². The van der Waals surface area contributed by atoms with Crippen LogP contribution in [0.5, 0.6) is 11.5 Å². The van der Waals surface area contributed by atoms with Crippen molar-refractivity contribution in [2.45, 2.75) is 20.0 Å². The van der Waals surface area contributed by atoms with E-state index in [0.717, 1.165) is 16.9 Å². The maximum Gasteiger partial charge on any atom is 0.234 e. The summed E-state index contributed by atoms with van der Waals surface area (Å²) >= 11 is 0. The van der Waals surface area contributed by atoms with Crippen molar-refractivity contribution in [2.75, 3.05) is 27.3 Å². The Kier molecular flexibility index (Phi) is 7.41. The van der Waals surface area contributed by atoms with Gasteiger partial charge in [-0.1, -0.05) is 31.2 Å². The molecule has 0 saturated carbocycles. The second kappa shape index (κ2) is 9.77. The van der Waals surface area contributed by atoms with E-state index in [2.05, 4.69) is 5.32 Å². The first-order valence-electron chi connectivity index (χ1n) is 8.50. The van der Waals surface area contributed by atoms with E-state index in [1.54, 1.807) is 19.2 Å². The lowest BCUT2D eigenvalue weighted by molar-refractivity contribution is -0.122. The summed E-state index contributed by atoms with van der Waals surface area (Å²) in [6.07, 6.45) is 0. The molecule has 0 aliphatic heterocycles. The molecule has 0 unspecified atom stereocenters. The number of methoxy groups -OCH3 is 2. The van der Waals surface area contributed by atoms with Crippen molar-refractivity contribution in [1.82, 2.24) is 10.2 Å². The van der Waals surface area contributed by atoms with Gasteiger partial charge in [-0.3, -0.25) is 9.69 Å². The van der Waals surface area contributed by atoms with Gasteiger partial charge >= 0.3 is 0 Å². The quantitative estimate of drug-likeness (QED) is 0.747. The lowest BCUT2D eigenvalue weighted by atomic mass is 10.2. The number of benzene rings is 2. The van der Waals surface area contributed by atoms with Crippen LogP contribution in [-0.4, -0.2) is 38.1 Å². The molecule has 0 spiro atoms. The van der Waals surface area contributed by atoms with Crippen molar-refractivity contribution in [2.24, 2.45) is 0 Å². The van der Waals surface area contributed by atoms with E-state index in [-0.39, 0.29) is 18.2 Å². The number of likely N-dealkylation sites (N-methyl/N-ethyl adjacent to an activating group) is 1. The molecule has 0 radical (unpaired) electrons. The second-order valence-corrected chi connectivity index (χ2v) is 5.86. The first kappa shape index (κ1) is 19.7. The van der Waals surface area contributed by atoms with E-state index in [4.69, 9.17) is 9.47 Å². The van der Waals surface area contributed by atoms with E-state index in [9.17, 15) is 9.18 Å². The molecule has 0 heterocycles. The van der Waals surface area contributed by atoms with E-state index < -0.39 is 5.82 Å². The van der Waals surface area contributed by atoms with Crippen LogP contribution in [0, 0.1) is 5.82 Å². The maximum absolute atomic E-state index is 13.8. The summed E-state index contributed by atoms with van der Waals surface area (Å²) in [7, 11) is 3.04. The van der Waals surface area contributed by atoms with Crippen LogP contribution >= 0.6 is 0 Å². The fourth-order valence-corrected chi connectivity index (χ4v) is 2.65. The zero-order valence-corrected chi connectivity index (χ0v) is 15.4. The van der Waals surface area contributed by atoms with E-state index in [1.165, 1.54) is 13.2 Å². The first-order chi connectivity index (χ1) is 12.6. The van der Waals surface area contributed by atoms with Gasteiger partial charge < -0.3 is 14.8 Å². The molecule has 0 aliphatic carbocycles. The molecular weight excluding hydrogens is 335 g/mol. The predicted octanol–water partition coefficient (Wildman–Crippen LogP) is 2.98. The molecular formula is C20H25FN2O3. The molecule has 140 valence electrons. The number of nitrogens with one attached hydrogen (secondary N) is 1. The Hall–Kier alpha value is -2.60. The van der Waals surface area contributed by atoms with Gasteiger partial charge in [-0.05, 0) is 30.3 Å². The topological polar surface area (TPSA) is 50.8 Å². The molecule has 0 bridgehead atoms. The van der Waals surface area contributed by atoms with Crippen molar-refractivity contribution in [1.29, 1.82) is 0 Å². The third-order valence-electron chi connectivity index (χ3n) is 4.11. The Morgan fingerprint density at radius 3 is 2.50 bits per heavy atom. The SMILES string of the molecule is CCN(CC(=O)NCc1ccccc1OC)Cc1ccc(OC)c(F)c1. The van der Waals surface area contributed by atoms with Gasteiger partial charge in [-0.25, -0.2) is 4.39 Å². The third-order valence-corrected chi connectivity index (χ3v) is 4.11. The van der Waals surface area contributed by atoms with Crippen molar-refractivity contribution in [3.05, 3.63) is 59.4 Å². The van der Waals surface area contributed by atoms with Crippen LogP contribution < -0.4 is 14.8 Å².